The van der Waals surface area contributed by atoms with Crippen LogP contribution >= 0.6 is 0 Å². The van der Waals surface area contributed by atoms with E-state index < -0.39 is 0 Å². The number of carbonyl (C=O) groups excluding carboxylic acids is 2. The van der Waals surface area contributed by atoms with E-state index in [0.717, 1.165) is 44.4 Å². The quantitative estimate of drug-likeness (QED) is 0.860. The SMILES string of the molecule is COc1ccc(C2CCCCCN2CC(=O)NC(=O)NC2CC2)cc1. The van der Waals surface area contributed by atoms with Crippen molar-refractivity contribution in [1.82, 2.24) is 15.5 Å². The first-order valence-electron chi connectivity index (χ1n) is 9.14. The van der Waals surface area contributed by atoms with E-state index in [1.54, 1.807) is 7.11 Å². The number of nitrogens with one attached hydrogen (secondary N) is 2. The van der Waals surface area contributed by atoms with Crippen LogP contribution in [0, 0.1) is 0 Å². The van der Waals surface area contributed by atoms with Gasteiger partial charge in [-0.2, -0.15) is 0 Å². The molecule has 1 aromatic carbocycles. The molecular weight excluding hydrogens is 318 g/mol. The number of hydrogen-bond donors (Lipinski definition) is 2. The molecule has 136 valence electrons. The van der Waals surface area contributed by atoms with Crippen LogP contribution in [0.2, 0.25) is 0 Å². The molecule has 1 atom stereocenters. The number of urea groups is 1. The molecule has 1 heterocycles. The fourth-order valence-corrected chi connectivity index (χ4v) is 3.36. The Labute approximate surface area is 148 Å². The van der Waals surface area contributed by atoms with Crippen molar-refractivity contribution in [2.75, 3.05) is 20.2 Å². The molecule has 0 bridgehead atoms. The summed E-state index contributed by atoms with van der Waals surface area (Å²) in [4.78, 5) is 26.2. The molecule has 1 unspecified atom stereocenters. The maximum atomic E-state index is 12.3. The van der Waals surface area contributed by atoms with E-state index in [-0.39, 0.29) is 30.6 Å². The Morgan fingerprint density at radius 1 is 1.12 bits per heavy atom. The summed E-state index contributed by atoms with van der Waals surface area (Å²) in [5, 5.41) is 5.25. The summed E-state index contributed by atoms with van der Waals surface area (Å²) in [5.74, 6) is 0.594. The molecule has 1 aliphatic carbocycles. The maximum absolute atomic E-state index is 12.3. The van der Waals surface area contributed by atoms with Crippen molar-refractivity contribution >= 4 is 11.9 Å². The zero-order valence-corrected chi connectivity index (χ0v) is 14.8. The zero-order chi connectivity index (χ0) is 17.6. The lowest BCUT2D eigenvalue weighted by Crippen LogP contribution is -2.45. The molecule has 2 aliphatic rings. The molecule has 1 aliphatic heterocycles. The number of ether oxygens (including phenoxy) is 1. The van der Waals surface area contributed by atoms with Crippen LogP contribution in [0.3, 0.4) is 0 Å². The van der Waals surface area contributed by atoms with Gasteiger partial charge in [0.25, 0.3) is 0 Å². The van der Waals surface area contributed by atoms with Gasteiger partial charge in [0, 0.05) is 12.1 Å². The number of nitrogens with zero attached hydrogens (tertiary/aromatic N) is 1. The normalized spacial score (nSPS) is 21.2. The first-order valence-corrected chi connectivity index (χ1v) is 9.14. The monoisotopic (exact) mass is 345 g/mol. The van der Waals surface area contributed by atoms with Crippen LogP contribution in [0.4, 0.5) is 4.79 Å². The third-order valence-electron chi connectivity index (χ3n) is 4.88. The van der Waals surface area contributed by atoms with E-state index in [2.05, 4.69) is 27.7 Å². The van der Waals surface area contributed by atoms with Gasteiger partial charge in [-0.05, 0) is 49.9 Å². The largest absolute Gasteiger partial charge is 0.497 e. The second-order valence-corrected chi connectivity index (χ2v) is 6.90. The Morgan fingerprint density at radius 2 is 1.88 bits per heavy atom. The zero-order valence-electron chi connectivity index (χ0n) is 14.8. The third kappa shape index (κ3) is 5.19. The van der Waals surface area contributed by atoms with Crippen LogP contribution in [-0.4, -0.2) is 43.1 Å². The van der Waals surface area contributed by atoms with Gasteiger partial charge >= 0.3 is 6.03 Å². The molecule has 0 spiro atoms. The average Bonchev–Trinajstić information content (AvgIpc) is 3.42. The fourth-order valence-electron chi connectivity index (χ4n) is 3.36. The third-order valence-corrected chi connectivity index (χ3v) is 4.88. The van der Waals surface area contributed by atoms with E-state index in [1.165, 1.54) is 12.0 Å². The lowest BCUT2D eigenvalue weighted by molar-refractivity contribution is -0.121. The van der Waals surface area contributed by atoms with Gasteiger partial charge < -0.3 is 10.1 Å². The van der Waals surface area contributed by atoms with Crippen LogP contribution in [0.1, 0.15) is 50.1 Å². The Bertz CT molecular complexity index is 598. The minimum atomic E-state index is -0.372. The number of likely N-dealkylation sites (tertiary alicyclic amines) is 1. The number of methoxy groups -OCH3 is 1. The number of benzene rings is 1. The summed E-state index contributed by atoms with van der Waals surface area (Å²) < 4.78 is 5.23. The highest BCUT2D eigenvalue weighted by molar-refractivity contribution is 5.95. The summed E-state index contributed by atoms with van der Waals surface area (Å²) in [6, 6.07) is 8.13. The van der Waals surface area contributed by atoms with E-state index in [4.69, 9.17) is 4.74 Å². The second kappa shape index (κ2) is 8.34. The van der Waals surface area contributed by atoms with Crippen molar-refractivity contribution in [3.63, 3.8) is 0 Å². The highest BCUT2D eigenvalue weighted by Crippen LogP contribution is 2.30. The van der Waals surface area contributed by atoms with E-state index >= 15 is 0 Å². The number of carbonyl (C=O) groups is 2. The molecule has 0 aromatic heterocycles. The van der Waals surface area contributed by atoms with Gasteiger partial charge in [0.2, 0.25) is 5.91 Å². The molecule has 2 fully saturated rings. The van der Waals surface area contributed by atoms with Crippen LogP contribution in [0.5, 0.6) is 5.75 Å². The van der Waals surface area contributed by atoms with Gasteiger partial charge in [0.15, 0.2) is 0 Å². The van der Waals surface area contributed by atoms with Crippen molar-refractivity contribution in [2.45, 2.75) is 50.6 Å². The Balaban J connectivity index is 1.62. The standard InChI is InChI=1S/C19H27N3O3/c1-25-16-10-6-14(7-11-16)17-5-3-2-4-12-22(17)13-18(23)21-19(24)20-15-8-9-15/h6-7,10-11,15,17H,2-5,8-9,12-13H2,1H3,(H2,20,21,23,24). The van der Waals surface area contributed by atoms with Gasteiger partial charge in [0.05, 0.1) is 13.7 Å². The molecule has 1 saturated heterocycles. The van der Waals surface area contributed by atoms with Crippen LogP contribution in [0.25, 0.3) is 0 Å². The van der Waals surface area contributed by atoms with Crippen molar-refractivity contribution in [2.24, 2.45) is 0 Å². The number of imide groups is 1. The summed E-state index contributed by atoms with van der Waals surface area (Å²) in [5.41, 5.74) is 1.19. The first-order chi connectivity index (χ1) is 12.2. The van der Waals surface area contributed by atoms with Crippen LogP contribution in [-0.2, 0) is 4.79 Å². The predicted octanol–water partition coefficient (Wildman–Crippen LogP) is 2.60. The smallest absolute Gasteiger partial charge is 0.321 e. The molecule has 6 nitrogen and oxygen atoms in total. The highest BCUT2D eigenvalue weighted by Gasteiger charge is 2.27. The molecule has 2 N–H and O–H groups in total. The minimum Gasteiger partial charge on any atom is -0.497 e. The van der Waals surface area contributed by atoms with Gasteiger partial charge in [-0.1, -0.05) is 25.0 Å². The summed E-state index contributed by atoms with van der Waals surface area (Å²) in [6.45, 7) is 1.11. The Kier molecular flexibility index (Phi) is 5.91. The van der Waals surface area contributed by atoms with E-state index in [1.807, 2.05) is 12.1 Å². The number of amides is 3. The summed E-state index contributed by atoms with van der Waals surface area (Å²) in [6.07, 6.45) is 6.44. The Hall–Kier alpha value is -2.08. The molecule has 3 rings (SSSR count). The average molecular weight is 345 g/mol. The van der Waals surface area contributed by atoms with Crippen molar-refractivity contribution in [3.8, 4) is 5.75 Å². The fraction of sp³-hybridized carbons (Fsp3) is 0.579. The number of hydrogen-bond acceptors (Lipinski definition) is 4. The summed E-state index contributed by atoms with van der Waals surface area (Å²) >= 11 is 0. The lowest BCUT2D eigenvalue weighted by Gasteiger charge is -2.29. The van der Waals surface area contributed by atoms with Gasteiger partial charge in [0.1, 0.15) is 5.75 Å². The van der Waals surface area contributed by atoms with E-state index in [0.29, 0.717) is 0 Å². The summed E-state index contributed by atoms with van der Waals surface area (Å²) in [7, 11) is 1.66. The predicted molar refractivity (Wildman–Crippen MR) is 95.5 cm³/mol. The molecule has 1 aromatic rings. The topological polar surface area (TPSA) is 70.7 Å². The molecule has 0 radical (unpaired) electrons. The highest BCUT2D eigenvalue weighted by atomic mass is 16.5. The maximum Gasteiger partial charge on any atom is 0.321 e. The number of rotatable bonds is 5. The van der Waals surface area contributed by atoms with Crippen LogP contribution < -0.4 is 15.4 Å². The van der Waals surface area contributed by atoms with Crippen LogP contribution in [0.15, 0.2) is 24.3 Å². The van der Waals surface area contributed by atoms with Crippen molar-refractivity contribution < 1.29 is 14.3 Å². The molecule has 6 heteroatoms. The lowest BCUT2D eigenvalue weighted by atomic mass is 10.0. The molecular formula is C19H27N3O3. The van der Waals surface area contributed by atoms with E-state index in [9.17, 15) is 9.59 Å². The molecule has 3 amide bonds. The van der Waals surface area contributed by atoms with Gasteiger partial charge in [-0.25, -0.2) is 4.79 Å². The van der Waals surface area contributed by atoms with Crippen molar-refractivity contribution in [3.05, 3.63) is 29.8 Å². The first kappa shape index (κ1) is 17.7. The minimum absolute atomic E-state index is 0.200. The second-order valence-electron chi connectivity index (χ2n) is 6.90. The van der Waals surface area contributed by atoms with Crippen molar-refractivity contribution in [1.29, 1.82) is 0 Å². The molecule has 25 heavy (non-hydrogen) atoms. The van der Waals surface area contributed by atoms with Gasteiger partial charge in [-0.3, -0.25) is 15.0 Å². The molecule has 1 saturated carbocycles. The Morgan fingerprint density at radius 3 is 2.56 bits per heavy atom. The van der Waals surface area contributed by atoms with Gasteiger partial charge in [-0.15, -0.1) is 0 Å².